The molecule has 4 rings (SSSR count). The average Bonchev–Trinajstić information content (AvgIpc) is 3.14. The quantitative estimate of drug-likeness (QED) is 0.729. The van der Waals surface area contributed by atoms with Crippen molar-refractivity contribution in [2.45, 2.75) is 38.3 Å². The number of fused-ring (bicyclic) bond motifs is 1. The molecule has 146 valence electrons. The summed E-state index contributed by atoms with van der Waals surface area (Å²) in [6, 6.07) is 6.25. The summed E-state index contributed by atoms with van der Waals surface area (Å²) in [5.41, 5.74) is 17.1. The summed E-state index contributed by atoms with van der Waals surface area (Å²) >= 11 is 0. The van der Waals surface area contributed by atoms with E-state index in [9.17, 15) is 4.79 Å². The number of nitrogens with zero attached hydrogens (tertiary/aromatic N) is 2. The van der Waals surface area contributed by atoms with Crippen LogP contribution in [0.25, 0.3) is 11.6 Å². The van der Waals surface area contributed by atoms with E-state index < -0.39 is 5.91 Å². The van der Waals surface area contributed by atoms with Crippen LogP contribution in [0, 0.1) is 0 Å². The second-order valence-corrected chi connectivity index (χ2v) is 7.28. The van der Waals surface area contributed by atoms with Crippen LogP contribution in [0.2, 0.25) is 0 Å². The Morgan fingerprint density at radius 2 is 2.25 bits per heavy atom. The SMILES string of the molecule is CCc1cccc2c1C=C(c1nc(N[C@@H]3CCOC[C@@H]3N)cnc1C(N)=O)C2. The Morgan fingerprint density at radius 3 is 3.00 bits per heavy atom. The van der Waals surface area contributed by atoms with Crippen molar-refractivity contribution < 1.29 is 9.53 Å². The number of aromatic nitrogens is 2. The molecule has 28 heavy (non-hydrogen) atoms. The van der Waals surface area contributed by atoms with Gasteiger partial charge in [-0.15, -0.1) is 0 Å². The molecule has 2 heterocycles. The van der Waals surface area contributed by atoms with Gasteiger partial charge < -0.3 is 21.5 Å². The molecule has 1 amide bonds. The fourth-order valence-electron chi connectivity index (χ4n) is 3.89. The summed E-state index contributed by atoms with van der Waals surface area (Å²) in [7, 11) is 0. The summed E-state index contributed by atoms with van der Waals surface area (Å²) in [4.78, 5) is 21.0. The van der Waals surface area contributed by atoms with Gasteiger partial charge in [0.1, 0.15) is 11.5 Å². The highest BCUT2D eigenvalue weighted by Crippen LogP contribution is 2.34. The van der Waals surface area contributed by atoms with Crippen LogP contribution < -0.4 is 16.8 Å². The Bertz CT molecular complexity index is 940. The van der Waals surface area contributed by atoms with Crippen LogP contribution in [-0.4, -0.2) is 41.2 Å². The second-order valence-electron chi connectivity index (χ2n) is 7.28. The highest BCUT2D eigenvalue weighted by atomic mass is 16.5. The molecule has 5 N–H and O–H groups in total. The molecule has 0 saturated carbocycles. The number of amides is 1. The number of benzene rings is 1. The predicted octanol–water partition coefficient (Wildman–Crippen LogP) is 1.76. The molecule has 0 spiro atoms. The Morgan fingerprint density at radius 1 is 1.39 bits per heavy atom. The van der Waals surface area contributed by atoms with Crippen molar-refractivity contribution in [3.05, 3.63) is 52.5 Å². The van der Waals surface area contributed by atoms with Crippen LogP contribution in [0.3, 0.4) is 0 Å². The van der Waals surface area contributed by atoms with Gasteiger partial charge in [-0.2, -0.15) is 0 Å². The fourth-order valence-corrected chi connectivity index (χ4v) is 3.89. The lowest BCUT2D eigenvalue weighted by Crippen LogP contribution is -2.47. The van der Waals surface area contributed by atoms with E-state index in [2.05, 4.69) is 41.5 Å². The molecule has 2 aromatic rings. The molecule has 1 fully saturated rings. The maximum absolute atomic E-state index is 12.0. The molecule has 1 saturated heterocycles. The van der Waals surface area contributed by atoms with Crippen molar-refractivity contribution in [3.63, 3.8) is 0 Å². The van der Waals surface area contributed by atoms with Crippen LogP contribution in [0.4, 0.5) is 5.82 Å². The number of rotatable bonds is 5. The highest BCUT2D eigenvalue weighted by Gasteiger charge is 2.25. The molecule has 0 radical (unpaired) electrons. The average molecular weight is 379 g/mol. The number of primary amides is 1. The van der Waals surface area contributed by atoms with Crippen molar-refractivity contribution in [1.29, 1.82) is 0 Å². The smallest absolute Gasteiger partial charge is 0.269 e. The third kappa shape index (κ3) is 3.50. The number of carbonyl (C=O) groups excluding carboxylic acids is 1. The Kier molecular flexibility index (Phi) is 5.11. The first-order valence-electron chi connectivity index (χ1n) is 9.65. The third-order valence-electron chi connectivity index (χ3n) is 5.41. The fraction of sp³-hybridized carbons (Fsp3) is 0.381. The number of nitrogens with two attached hydrogens (primary N) is 2. The maximum Gasteiger partial charge on any atom is 0.269 e. The number of hydrogen-bond donors (Lipinski definition) is 3. The molecule has 1 aromatic heterocycles. The number of allylic oxidation sites excluding steroid dienone is 1. The molecule has 1 aliphatic carbocycles. The second kappa shape index (κ2) is 7.69. The first-order chi connectivity index (χ1) is 13.6. The van der Waals surface area contributed by atoms with Gasteiger partial charge in [0, 0.05) is 25.1 Å². The first-order valence-corrected chi connectivity index (χ1v) is 9.65. The normalized spacial score (nSPS) is 21.1. The Hall–Kier alpha value is -2.77. The van der Waals surface area contributed by atoms with Crippen LogP contribution >= 0.6 is 0 Å². The predicted molar refractivity (Wildman–Crippen MR) is 109 cm³/mol. The summed E-state index contributed by atoms with van der Waals surface area (Å²) in [5, 5.41) is 3.35. The van der Waals surface area contributed by atoms with E-state index in [-0.39, 0.29) is 17.8 Å². The summed E-state index contributed by atoms with van der Waals surface area (Å²) < 4.78 is 5.39. The van der Waals surface area contributed by atoms with Crippen LogP contribution in [-0.2, 0) is 17.6 Å². The van der Waals surface area contributed by atoms with Crippen LogP contribution in [0.5, 0.6) is 0 Å². The molecule has 2 aliphatic rings. The largest absolute Gasteiger partial charge is 0.380 e. The van der Waals surface area contributed by atoms with Gasteiger partial charge in [0.05, 0.1) is 12.8 Å². The summed E-state index contributed by atoms with van der Waals surface area (Å²) in [5.74, 6) is 0.0133. The molecule has 0 bridgehead atoms. The lowest BCUT2D eigenvalue weighted by molar-refractivity contribution is 0.0751. The minimum Gasteiger partial charge on any atom is -0.380 e. The van der Waals surface area contributed by atoms with E-state index in [4.69, 9.17) is 21.2 Å². The molecule has 1 aliphatic heterocycles. The molecule has 7 heteroatoms. The number of ether oxygens (including phenoxy) is 1. The Labute approximate surface area is 164 Å². The number of hydrogen-bond acceptors (Lipinski definition) is 6. The van der Waals surface area contributed by atoms with E-state index in [0.29, 0.717) is 31.1 Å². The molecule has 1 aromatic carbocycles. The standard InChI is InChI=1S/C21H25N5O2/c1-2-12-4-3-5-13-8-14(9-15(12)13)19-20(21(23)27)24-10-18(26-19)25-17-6-7-28-11-16(17)22/h3-5,9-10,16-17H,2,6-8,11,22H2,1H3,(H2,23,27)(H,25,26)/t16-,17+/m0/s1. The molecular weight excluding hydrogens is 354 g/mol. The van der Waals surface area contributed by atoms with Gasteiger partial charge in [-0.3, -0.25) is 4.79 Å². The van der Waals surface area contributed by atoms with Gasteiger partial charge in [-0.05, 0) is 41.2 Å². The van der Waals surface area contributed by atoms with Gasteiger partial charge >= 0.3 is 0 Å². The van der Waals surface area contributed by atoms with Crippen molar-refractivity contribution in [2.24, 2.45) is 11.5 Å². The maximum atomic E-state index is 12.0. The van der Waals surface area contributed by atoms with Gasteiger partial charge in [0.25, 0.3) is 5.91 Å². The number of nitrogens with one attached hydrogen (secondary N) is 1. The van der Waals surface area contributed by atoms with Crippen molar-refractivity contribution in [3.8, 4) is 0 Å². The van der Waals surface area contributed by atoms with E-state index in [1.807, 2.05) is 0 Å². The van der Waals surface area contributed by atoms with Gasteiger partial charge in [-0.1, -0.05) is 25.1 Å². The van der Waals surface area contributed by atoms with E-state index in [1.54, 1.807) is 6.20 Å². The zero-order valence-corrected chi connectivity index (χ0v) is 15.9. The highest BCUT2D eigenvalue weighted by molar-refractivity contribution is 5.99. The van der Waals surface area contributed by atoms with Crippen LogP contribution in [0.1, 0.15) is 46.2 Å². The van der Waals surface area contributed by atoms with Gasteiger partial charge in [0.2, 0.25) is 0 Å². The van der Waals surface area contributed by atoms with Crippen molar-refractivity contribution >= 4 is 23.4 Å². The van der Waals surface area contributed by atoms with Gasteiger partial charge in [-0.25, -0.2) is 9.97 Å². The van der Waals surface area contributed by atoms with Crippen LogP contribution in [0.15, 0.2) is 24.4 Å². The zero-order chi connectivity index (χ0) is 19.7. The van der Waals surface area contributed by atoms with E-state index >= 15 is 0 Å². The lowest BCUT2D eigenvalue weighted by Gasteiger charge is -2.29. The zero-order valence-electron chi connectivity index (χ0n) is 15.9. The summed E-state index contributed by atoms with van der Waals surface area (Å²) in [6.07, 6.45) is 6.10. The minimum absolute atomic E-state index is 0.0526. The Balaban J connectivity index is 1.68. The monoisotopic (exact) mass is 379 g/mol. The molecule has 0 unspecified atom stereocenters. The lowest BCUT2D eigenvalue weighted by atomic mass is 10.0. The first kappa shape index (κ1) is 18.6. The number of anilines is 1. The van der Waals surface area contributed by atoms with Crippen molar-refractivity contribution in [2.75, 3.05) is 18.5 Å². The molecular formula is C21H25N5O2. The van der Waals surface area contributed by atoms with Crippen molar-refractivity contribution in [1.82, 2.24) is 9.97 Å². The number of carbonyl (C=O) groups is 1. The topological polar surface area (TPSA) is 116 Å². The third-order valence-corrected chi connectivity index (χ3v) is 5.41. The molecule has 7 nitrogen and oxygen atoms in total. The van der Waals surface area contributed by atoms with Gasteiger partial charge in [0.15, 0.2) is 5.69 Å². The summed E-state index contributed by atoms with van der Waals surface area (Å²) in [6.45, 7) is 3.31. The minimum atomic E-state index is -0.579. The molecule has 2 atom stereocenters. The van der Waals surface area contributed by atoms with E-state index in [0.717, 1.165) is 18.4 Å². The number of aryl methyl sites for hydroxylation is 1. The van der Waals surface area contributed by atoms with E-state index in [1.165, 1.54) is 16.7 Å².